The minimum atomic E-state index is -0.911. The number of rotatable bonds is 6. The number of aliphatic carboxylic acids is 1. The Balaban J connectivity index is 2.18. The van der Waals surface area contributed by atoms with E-state index in [4.69, 9.17) is 4.42 Å². The molecule has 1 N–H and O–H groups in total. The van der Waals surface area contributed by atoms with Gasteiger partial charge in [0.15, 0.2) is 0 Å². The minimum Gasteiger partial charge on any atom is -0.480 e. The molecule has 0 saturated carbocycles. The van der Waals surface area contributed by atoms with Crippen molar-refractivity contribution >= 4 is 17.7 Å². The van der Waals surface area contributed by atoms with Crippen LogP contribution < -0.4 is 0 Å². The first kappa shape index (κ1) is 15.5. The molecule has 2 aromatic rings. The topological polar surface area (TPSA) is 79.5 Å². The van der Waals surface area contributed by atoms with Crippen LogP contribution in [0.15, 0.2) is 33.6 Å². The Morgan fingerprint density at radius 3 is 2.52 bits per heavy atom. The third kappa shape index (κ3) is 3.83. The lowest BCUT2D eigenvalue weighted by molar-refractivity contribution is -0.143. The molecular weight excluding hydrogens is 290 g/mol. The summed E-state index contributed by atoms with van der Waals surface area (Å²) < 4.78 is 5.30. The summed E-state index contributed by atoms with van der Waals surface area (Å²) >= 11 is 1.62. The predicted molar refractivity (Wildman–Crippen MR) is 79.1 cm³/mol. The van der Waals surface area contributed by atoms with Gasteiger partial charge in [-0.3, -0.25) is 9.69 Å². The van der Waals surface area contributed by atoms with E-state index >= 15 is 0 Å². The number of hydrogen-bond acceptors (Lipinski definition) is 6. The Hall–Kier alpha value is -1.86. The zero-order valence-electron chi connectivity index (χ0n) is 12.1. The standard InChI is InChI=1S/C14H17N3O3S/c1-9-15-16-12(20-9)8-17(2)13(14(18)19)10-4-6-11(21-3)7-5-10/h4-7,13H,8H2,1-3H3,(H,18,19)/t13-/m0/s1. The van der Waals surface area contributed by atoms with Crippen molar-refractivity contribution in [2.24, 2.45) is 0 Å². The third-order valence-electron chi connectivity index (χ3n) is 3.06. The van der Waals surface area contributed by atoms with Crippen molar-refractivity contribution in [3.05, 3.63) is 41.6 Å². The number of carboxylic acid groups (broad SMARTS) is 1. The average Bonchev–Trinajstić information content (AvgIpc) is 2.84. The lowest BCUT2D eigenvalue weighted by Crippen LogP contribution is -2.30. The first-order chi connectivity index (χ1) is 10.0. The van der Waals surface area contributed by atoms with Gasteiger partial charge in [0.1, 0.15) is 6.04 Å². The first-order valence-corrected chi connectivity index (χ1v) is 7.59. The van der Waals surface area contributed by atoms with Gasteiger partial charge in [0.05, 0.1) is 6.54 Å². The van der Waals surface area contributed by atoms with Gasteiger partial charge in [-0.2, -0.15) is 0 Å². The number of thioether (sulfide) groups is 1. The van der Waals surface area contributed by atoms with Crippen LogP contribution in [0.25, 0.3) is 0 Å². The van der Waals surface area contributed by atoms with Crippen LogP contribution in [-0.2, 0) is 11.3 Å². The molecule has 1 aromatic carbocycles. The first-order valence-electron chi connectivity index (χ1n) is 6.37. The minimum absolute atomic E-state index is 0.280. The fourth-order valence-electron chi connectivity index (χ4n) is 2.08. The lowest BCUT2D eigenvalue weighted by atomic mass is 10.1. The molecule has 2 rings (SSSR count). The van der Waals surface area contributed by atoms with Gasteiger partial charge in [0, 0.05) is 11.8 Å². The Kier molecular flexibility index (Phi) is 4.98. The van der Waals surface area contributed by atoms with Crippen molar-refractivity contribution in [3.8, 4) is 0 Å². The smallest absolute Gasteiger partial charge is 0.325 e. The highest BCUT2D eigenvalue weighted by Crippen LogP contribution is 2.24. The number of likely N-dealkylation sites (N-methyl/N-ethyl adjacent to an activating group) is 1. The van der Waals surface area contributed by atoms with E-state index in [1.54, 1.807) is 30.6 Å². The Morgan fingerprint density at radius 1 is 1.38 bits per heavy atom. The number of carboxylic acids is 1. The zero-order valence-corrected chi connectivity index (χ0v) is 12.9. The maximum Gasteiger partial charge on any atom is 0.325 e. The largest absolute Gasteiger partial charge is 0.480 e. The molecule has 1 heterocycles. The van der Waals surface area contributed by atoms with Crippen molar-refractivity contribution < 1.29 is 14.3 Å². The second kappa shape index (κ2) is 6.73. The molecular formula is C14H17N3O3S. The Bertz CT molecular complexity index is 612. The van der Waals surface area contributed by atoms with Crippen LogP contribution in [0.3, 0.4) is 0 Å². The summed E-state index contributed by atoms with van der Waals surface area (Å²) in [4.78, 5) is 14.3. The second-order valence-electron chi connectivity index (χ2n) is 4.64. The highest BCUT2D eigenvalue weighted by molar-refractivity contribution is 7.98. The van der Waals surface area contributed by atoms with Crippen LogP contribution in [0.1, 0.15) is 23.4 Å². The van der Waals surface area contributed by atoms with E-state index in [0.717, 1.165) is 10.5 Å². The van der Waals surface area contributed by atoms with Gasteiger partial charge in [-0.15, -0.1) is 22.0 Å². The summed E-state index contributed by atoms with van der Waals surface area (Å²) in [5.41, 5.74) is 0.721. The molecule has 6 nitrogen and oxygen atoms in total. The average molecular weight is 307 g/mol. The van der Waals surface area contributed by atoms with Crippen molar-refractivity contribution in [1.82, 2.24) is 15.1 Å². The fourth-order valence-corrected chi connectivity index (χ4v) is 2.49. The molecule has 0 aliphatic rings. The summed E-state index contributed by atoms with van der Waals surface area (Å²) in [6, 6.07) is 6.75. The van der Waals surface area contributed by atoms with E-state index in [1.165, 1.54) is 0 Å². The van der Waals surface area contributed by atoms with E-state index in [2.05, 4.69) is 10.2 Å². The monoisotopic (exact) mass is 307 g/mol. The summed E-state index contributed by atoms with van der Waals surface area (Å²) in [5.74, 6) is -0.0396. The molecule has 7 heteroatoms. The normalized spacial score (nSPS) is 12.6. The second-order valence-corrected chi connectivity index (χ2v) is 5.52. The van der Waals surface area contributed by atoms with Gasteiger partial charge in [-0.1, -0.05) is 12.1 Å². The number of carbonyl (C=O) groups is 1. The SMILES string of the molecule is CSc1ccc([C@@H](C(=O)O)N(C)Cc2nnc(C)o2)cc1. The van der Waals surface area contributed by atoms with Crippen LogP contribution in [-0.4, -0.2) is 39.5 Å². The summed E-state index contributed by atoms with van der Waals surface area (Å²) in [5, 5.41) is 17.1. The number of aromatic nitrogens is 2. The van der Waals surface area contributed by atoms with E-state index in [0.29, 0.717) is 11.8 Å². The van der Waals surface area contributed by atoms with Gasteiger partial charge in [0.25, 0.3) is 0 Å². The molecule has 0 fully saturated rings. The van der Waals surface area contributed by atoms with E-state index in [1.807, 2.05) is 30.5 Å². The van der Waals surface area contributed by atoms with Gasteiger partial charge < -0.3 is 9.52 Å². The molecule has 0 aliphatic heterocycles. The fraction of sp³-hybridized carbons (Fsp3) is 0.357. The molecule has 112 valence electrons. The quantitative estimate of drug-likeness (QED) is 0.820. The van der Waals surface area contributed by atoms with E-state index < -0.39 is 12.0 Å². The molecule has 0 bridgehead atoms. The van der Waals surface area contributed by atoms with Crippen molar-refractivity contribution in [2.75, 3.05) is 13.3 Å². The molecule has 0 spiro atoms. The molecule has 0 aliphatic carbocycles. The van der Waals surface area contributed by atoms with Crippen molar-refractivity contribution in [1.29, 1.82) is 0 Å². The maximum atomic E-state index is 11.6. The van der Waals surface area contributed by atoms with Gasteiger partial charge in [0.2, 0.25) is 11.8 Å². The summed E-state index contributed by atoms with van der Waals surface area (Å²) in [6.45, 7) is 1.98. The summed E-state index contributed by atoms with van der Waals surface area (Å²) in [7, 11) is 1.72. The number of nitrogens with zero attached hydrogens (tertiary/aromatic N) is 3. The van der Waals surface area contributed by atoms with Crippen LogP contribution in [0, 0.1) is 6.92 Å². The highest BCUT2D eigenvalue weighted by Gasteiger charge is 2.26. The number of benzene rings is 1. The molecule has 21 heavy (non-hydrogen) atoms. The zero-order chi connectivity index (χ0) is 15.4. The van der Waals surface area contributed by atoms with Crippen LogP contribution in [0.2, 0.25) is 0 Å². The third-order valence-corrected chi connectivity index (χ3v) is 3.80. The molecule has 0 amide bonds. The molecule has 0 saturated heterocycles. The lowest BCUT2D eigenvalue weighted by Gasteiger charge is -2.23. The number of hydrogen-bond donors (Lipinski definition) is 1. The van der Waals surface area contributed by atoms with Crippen LogP contribution >= 0.6 is 11.8 Å². The summed E-state index contributed by atoms with van der Waals surface area (Å²) in [6.07, 6.45) is 1.98. The number of aryl methyl sites for hydroxylation is 1. The maximum absolute atomic E-state index is 11.6. The molecule has 0 radical (unpaired) electrons. The van der Waals surface area contributed by atoms with E-state index in [-0.39, 0.29) is 6.54 Å². The van der Waals surface area contributed by atoms with Crippen molar-refractivity contribution in [2.45, 2.75) is 24.4 Å². The Labute approximate surface area is 127 Å². The van der Waals surface area contributed by atoms with Crippen molar-refractivity contribution in [3.63, 3.8) is 0 Å². The van der Waals surface area contributed by atoms with Gasteiger partial charge in [-0.05, 0) is 31.0 Å². The molecule has 1 atom stereocenters. The predicted octanol–water partition coefficient (Wildman–Crippen LogP) is 2.36. The molecule has 1 aromatic heterocycles. The van der Waals surface area contributed by atoms with Crippen LogP contribution in [0.5, 0.6) is 0 Å². The Morgan fingerprint density at radius 2 is 2.05 bits per heavy atom. The van der Waals surface area contributed by atoms with Gasteiger partial charge in [-0.25, -0.2) is 0 Å². The molecule has 0 unspecified atom stereocenters. The van der Waals surface area contributed by atoms with Crippen LogP contribution in [0.4, 0.5) is 0 Å². The highest BCUT2D eigenvalue weighted by atomic mass is 32.2. The van der Waals surface area contributed by atoms with E-state index in [9.17, 15) is 9.90 Å². The van der Waals surface area contributed by atoms with Gasteiger partial charge >= 0.3 is 5.97 Å².